The van der Waals surface area contributed by atoms with Gasteiger partial charge >= 0.3 is 0 Å². The van der Waals surface area contributed by atoms with Crippen LogP contribution in [0.2, 0.25) is 0 Å². The van der Waals surface area contributed by atoms with Crippen molar-refractivity contribution in [3.05, 3.63) is 82.9 Å². The topological polar surface area (TPSA) is 135 Å². The lowest BCUT2D eigenvalue weighted by molar-refractivity contribution is 0.0948. The largest absolute Gasteiger partial charge is 0.345 e. The van der Waals surface area contributed by atoms with Crippen molar-refractivity contribution in [1.29, 1.82) is 0 Å². The van der Waals surface area contributed by atoms with Crippen LogP contribution >= 0.6 is 0 Å². The number of carbonyl (C=O) groups excluding carboxylic acids is 2. The highest BCUT2D eigenvalue weighted by molar-refractivity contribution is 7.92. The highest BCUT2D eigenvalue weighted by atomic mass is 32.2. The van der Waals surface area contributed by atoms with Crippen LogP contribution in [0.15, 0.2) is 59.5 Å². The van der Waals surface area contributed by atoms with Crippen LogP contribution in [0.4, 0.5) is 5.69 Å². The van der Waals surface area contributed by atoms with Gasteiger partial charge in [-0.1, -0.05) is 12.1 Å². The fourth-order valence-corrected chi connectivity index (χ4v) is 4.50. The molecule has 0 bridgehead atoms. The van der Waals surface area contributed by atoms with E-state index in [9.17, 15) is 18.0 Å². The van der Waals surface area contributed by atoms with Crippen molar-refractivity contribution in [1.82, 2.24) is 24.9 Å². The number of fused-ring (bicyclic) bond motifs is 1. The predicted molar refractivity (Wildman–Crippen MR) is 125 cm³/mol. The number of benzene rings is 2. The van der Waals surface area contributed by atoms with E-state index >= 15 is 0 Å². The first-order valence-corrected chi connectivity index (χ1v) is 11.8. The zero-order valence-electron chi connectivity index (χ0n) is 18.7. The van der Waals surface area contributed by atoms with Gasteiger partial charge < -0.3 is 5.32 Å². The van der Waals surface area contributed by atoms with Gasteiger partial charge in [-0.2, -0.15) is 0 Å². The highest BCUT2D eigenvalue weighted by Gasteiger charge is 2.16. The molecule has 2 heterocycles. The summed E-state index contributed by atoms with van der Waals surface area (Å²) < 4.78 is 29.4. The lowest BCUT2D eigenvalue weighted by Gasteiger charge is -2.10. The number of anilines is 1. The average molecular weight is 479 g/mol. The summed E-state index contributed by atoms with van der Waals surface area (Å²) in [5.41, 5.74) is 2.82. The minimum atomic E-state index is -3.84. The maximum atomic E-state index is 12.6. The molecule has 0 spiro atoms. The first-order chi connectivity index (χ1) is 16.1. The van der Waals surface area contributed by atoms with Gasteiger partial charge in [-0.05, 0) is 63.2 Å². The number of amides is 1. The molecule has 174 valence electrons. The number of nitrogens with one attached hydrogen (secondary N) is 2. The van der Waals surface area contributed by atoms with Crippen molar-refractivity contribution in [2.45, 2.75) is 32.2 Å². The molecule has 0 atom stereocenters. The van der Waals surface area contributed by atoms with E-state index in [-0.39, 0.29) is 23.1 Å². The van der Waals surface area contributed by atoms with Crippen LogP contribution in [0.1, 0.15) is 44.9 Å². The minimum Gasteiger partial charge on any atom is -0.345 e. The molecule has 4 aromatic rings. The number of hydrogen-bond donors (Lipinski definition) is 2. The quantitative estimate of drug-likeness (QED) is 0.390. The van der Waals surface area contributed by atoms with E-state index in [0.717, 1.165) is 11.4 Å². The molecule has 0 unspecified atom stereocenters. The Morgan fingerprint density at radius 2 is 1.59 bits per heavy atom. The summed E-state index contributed by atoms with van der Waals surface area (Å²) in [6.45, 7) is 5.34. The Bertz CT molecular complexity index is 1490. The van der Waals surface area contributed by atoms with Crippen molar-refractivity contribution in [3.8, 4) is 0 Å². The number of carbonyl (C=O) groups is 2. The molecule has 11 heteroatoms. The van der Waals surface area contributed by atoms with Crippen LogP contribution in [0, 0.1) is 13.8 Å². The van der Waals surface area contributed by atoms with Gasteiger partial charge in [0.05, 0.1) is 11.4 Å². The molecule has 0 fully saturated rings. The SMILES string of the molecule is CC(=O)c1ccc(S(=O)(=O)Nc2ccc(C(=O)NCc3nnc4nc(C)cc(C)n34)cc2)cc1. The third-order valence-electron chi connectivity index (χ3n) is 5.14. The Balaban J connectivity index is 1.42. The molecular formula is C23H22N6O4S. The summed E-state index contributed by atoms with van der Waals surface area (Å²) in [5, 5.41) is 10.9. The fourth-order valence-electron chi connectivity index (χ4n) is 3.45. The van der Waals surface area contributed by atoms with Crippen LogP contribution in [0.5, 0.6) is 0 Å². The number of rotatable bonds is 7. The molecule has 0 radical (unpaired) electrons. The molecule has 4 rings (SSSR count). The second-order valence-corrected chi connectivity index (χ2v) is 9.42. The van der Waals surface area contributed by atoms with Crippen molar-refractivity contribution in [2.75, 3.05) is 4.72 Å². The van der Waals surface area contributed by atoms with Crippen LogP contribution in [0.25, 0.3) is 5.78 Å². The fraction of sp³-hybridized carbons (Fsp3) is 0.174. The monoisotopic (exact) mass is 478 g/mol. The number of aromatic nitrogens is 4. The Morgan fingerprint density at radius 1 is 0.941 bits per heavy atom. The van der Waals surface area contributed by atoms with Crippen LogP contribution < -0.4 is 10.0 Å². The molecule has 2 N–H and O–H groups in total. The van der Waals surface area contributed by atoms with E-state index in [1.54, 1.807) is 4.40 Å². The molecule has 0 saturated carbocycles. The summed E-state index contributed by atoms with van der Waals surface area (Å²) >= 11 is 0. The Morgan fingerprint density at radius 3 is 2.24 bits per heavy atom. The Labute approximate surface area is 196 Å². The average Bonchev–Trinajstić information content (AvgIpc) is 3.21. The van der Waals surface area contributed by atoms with Crippen LogP contribution in [-0.4, -0.2) is 39.7 Å². The zero-order valence-corrected chi connectivity index (χ0v) is 19.5. The first-order valence-electron chi connectivity index (χ1n) is 10.3. The molecule has 0 aliphatic carbocycles. The van der Waals surface area contributed by atoms with Gasteiger partial charge in [0.1, 0.15) is 0 Å². The number of aryl methyl sites for hydroxylation is 2. The van der Waals surface area contributed by atoms with Gasteiger partial charge in [-0.3, -0.25) is 18.7 Å². The molecule has 0 aliphatic rings. The highest BCUT2D eigenvalue weighted by Crippen LogP contribution is 2.18. The first kappa shape index (κ1) is 23.1. The van der Waals surface area contributed by atoms with E-state index in [0.29, 0.717) is 28.4 Å². The molecular weight excluding hydrogens is 456 g/mol. The van der Waals surface area contributed by atoms with Gasteiger partial charge in [-0.25, -0.2) is 13.4 Å². The number of hydrogen-bond acceptors (Lipinski definition) is 7. The molecule has 0 aliphatic heterocycles. The summed E-state index contributed by atoms with van der Waals surface area (Å²) in [6, 6.07) is 13.6. The molecule has 0 saturated heterocycles. The van der Waals surface area contributed by atoms with E-state index < -0.39 is 10.0 Å². The molecule has 10 nitrogen and oxygen atoms in total. The number of Topliss-reactive ketones (excluding diaryl/α,β-unsaturated/α-hetero) is 1. The van der Waals surface area contributed by atoms with Crippen LogP contribution in [-0.2, 0) is 16.6 Å². The Kier molecular flexibility index (Phi) is 6.12. The van der Waals surface area contributed by atoms with E-state index in [1.807, 2.05) is 19.9 Å². The smallest absolute Gasteiger partial charge is 0.261 e. The summed E-state index contributed by atoms with van der Waals surface area (Å²) in [4.78, 5) is 28.3. The molecule has 2 aromatic carbocycles. The Hall–Kier alpha value is -4.12. The molecule has 34 heavy (non-hydrogen) atoms. The predicted octanol–water partition coefficient (Wildman–Crippen LogP) is 2.67. The standard InChI is InChI=1S/C23H22N6O4S/c1-14-12-15(2)29-21(26-27-23(29)25-14)13-24-22(31)18-4-8-19(9-5-18)28-34(32,33)20-10-6-17(7-11-20)16(3)30/h4-12,28H,13H2,1-3H3,(H,24,31). The third-order valence-corrected chi connectivity index (χ3v) is 6.53. The van der Waals surface area contributed by atoms with Crippen molar-refractivity contribution < 1.29 is 18.0 Å². The van der Waals surface area contributed by atoms with Gasteiger partial charge in [-0.15, -0.1) is 10.2 Å². The number of sulfonamides is 1. The minimum absolute atomic E-state index is 0.0276. The summed E-state index contributed by atoms with van der Waals surface area (Å²) in [6.07, 6.45) is 0. The number of ketones is 1. The van der Waals surface area contributed by atoms with E-state index in [4.69, 9.17) is 0 Å². The maximum Gasteiger partial charge on any atom is 0.261 e. The lowest BCUT2D eigenvalue weighted by Crippen LogP contribution is -2.24. The van der Waals surface area contributed by atoms with Gasteiger partial charge in [0.25, 0.3) is 21.7 Å². The van der Waals surface area contributed by atoms with Crippen LogP contribution in [0.3, 0.4) is 0 Å². The third kappa shape index (κ3) is 4.79. The van der Waals surface area contributed by atoms with Gasteiger partial charge in [0.2, 0.25) is 0 Å². The van der Waals surface area contributed by atoms with E-state index in [2.05, 4.69) is 25.2 Å². The molecule has 1 amide bonds. The second-order valence-electron chi connectivity index (χ2n) is 7.74. The summed E-state index contributed by atoms with van der Waals surface area (Å²) in [7, 11) is -3.84. The second kappa shape index (κ2) is 9.02. The molecule has 2 aromatic heterocycles. The maximum absolute atomic E-state index is 12.6. The normalized spacial score (nSPS) is 11.4. The van der Waals surface area contributed by atoms with Crippen molar-refractivity contribution >= 4 is 33.2 Å². The van der Waals surface area contributed by atoms with Crippen molar-refractivity contribution in [2.24, 2.45) is 0 Å². The summed E-state index contributed by atoms with van der Waals surface area (Å²) in [5.74, 6) is 0.524. The zero-order chi connectivity index (χ0) is 24.5. The lowest BCUT2D eigenvalue weighted by atomic mass is 10.2. The van der Waals surface area contributed by atoms with Gasteiger partial charge in [0.15, 0.2) is 11.6 Å². The van der Waals surface area contributed by atoms with E-state index in [1.165, 1.54) is 55.5 Å². The van der Waals surface area contributed by atoms with Crippen molar-refractivity contribution in [3.63, 3.8) is 0 Å². The number of nitrogens with zero attached hydrogens (tertiary/aromatic N) is 4. The van der Waals surface area contributed by atoms with Gasteiger partial charge in [0, 0.05) is 28.2 Å².